The van der Waals surface area contributed by atoms with Gasteiger partial charge in [0.25, 0.3) is 0 Å². The van der Waals surface area contributed by atoms with Crippen molar-refractivity contribution in [3.05, 3.63) is 65.2 Å². The van der Waals surface area contributed by atoms with Crippen LogP contribution in [0.1, 0.15) is 42.5 Å². The van der Waals surface area contributed by atoms with E-state index in [0.29, 0.717) is 5.92 Å². The van der Waals surface area contributed by atoms with Gasteiger partial charge in [-0.2, -0.15) is 0 Å². The number of nitrogens with two attached hydrogens (primary N) is 1. The first-order chi connectivity index (χ1) is 9.56. The molecule has 0 saturated heterocycles. The highest BCUT2D eigenvalue weighted by Crippen LogP contribution is 2.25. The fourth-order valence-electron chi connectivity index (χ4n) is 2.04. The average molecular weight is 285 g/mol. The molecule has 2 heteroatoms. The van der Waals surface area contributed by atoms with Crippen molar-refractivity contribution in [1.82, 2.24) is 0 Å². The number of hydrogen-bond donors (Lipinski definition) is 1. The Morgan fingerprint density at radius 1 is 0.900 bits per heavy atom. The quantitative estimate of drug-likeness (QED) is 0.790. The molecule has 2 N–H and O–H groups in total. The summed E-state index contributed by atoms with van der Waals surface area (Å²) in [6.07, 6.45) is 0. The minimum Gasteiger partial charge on any atom is -0.323 e. The zero-order valence-corrected chi connectivity index (χ0v) is 13.3. The minimum atomic E-state index is 0.0883. The van der Waals surface area contributed by atoms with Gasteiger partial charge in [0.1, 0.15) is 0 Å². The first kappa shape index (κ1) is 15.1. The van der Waals surface area contributed by atoms with E-state index in [-0.39, 0.29) is 6.04 Å². The van der Waals surface area contributed by atoms with Crippen molar-refractivity contribution in [3.63, 3.8) is 0 Å². The Balaban J connectivity index is 1.92. The van der Waals surface area contributed by atoms with E-state index in [2.05, 4.69) is 69.3 Å². The fraction of sp³-hybridized carbons (Fsp3) is 0.333. The Hall–Kier alpha value is -1.25. The first-order valence-electron chi connectivity index (χ1n) is 7.11. The summed E-state index contributed by atoms with van der Waals surface area (Å²) in [7, 11) is 0. The highest BCUT2D eigenvalue weighted by molar-refractivity contribution is 7.99. The minimum absolute atomic E-state index is 0.0883. The molecule has 1 unspecified atom stereocenters. The number of rotatable bonds is 5. The molecule has 20 heavy (non-hydrogen) atoms. The molecule has 1 nitrogen and oxygen atoms in total. The molecule has 0 aliphatic heterocycles. The van der Waals surface area contributed by atoms with Gasteiger partial charge < -0.3 is 5.73 Å². The van der Waals surface area contributed by atoms with Crippen LogP contribution in [-0.2, 0) is 0 Å². The molecule has 0 spiro atoms. The van der Waals surface area contributed by atoms with E-state index in [1.807, 2.05) is 11.8 Å². The molecular weight excluding hydrogens is 262 g/mol. The van der Waals surface area contributed by atoms with Crippen LogP contribution in [0.25, 0.3) is 0 Å². The van der Waals surface area contributed by atoms with Crippen LogP contribution < -0.4 is 5.73 Å². The standard InChI is InChI=1S/C18H23NS/c1-13(2)15-8-10-17(11-9-15)20-12-18(19)16-6-4-14(3)5-7-16/h4-11,13,18H,12,19H2,1-3H3. The monoisotopic (exact) mass is 285 g/mol. The summed E-state index contributed by atoms with van der Waals surface area (Å²) < 4.78 is 0. The zero-order valence-electron chi connectivity index (χ0n) is 12.5. The van der Waals surface area contributed by atoms with Crippen LogP contribution in [0.2, 0.25) is 0 Å². The predicted octanol–water partition coefficient (Wildman–Crippen LogP) is 4.91. The van der Waals surface area contributed by atoms with E-state index in [0.717, 1.165) is 5.75 Å². The van der Waals surface area contributed by atoms with Crippen LogP contribution >= 0.6 is 11.8 Å². The second kappa shape index (κ2) is 6.96. The van der Waals surface area contributed by atoms with Crippen LogP contribution in [0.3, 0.4) is 0 Å². The lowest BCUT2D eigenvalue weighted by atomic mass is 10.0. The first-order valence-corrected chi connectivity index (χ1v) is 8.09. The van der Waals surface area contributed by atoms with Crippen LogP contribution in [-0.4, -0.2) is 5.75 Å². The third-order valence-electron chi connectivity index (χ3n) is 3.48. The molecule has 0 heterocycles. The molecule has 0 bridgehead atoms. The summed E-state index contributed by atoms with van der Waals surface area (Å²) in [6.45, 7) is 6.53. The Bertz CT molecular complexity index is 528. The lowest BCUT2D eigenvalue weighted by molar-refractivity contribution is 0.830. The summed E-state index contributed by atoms with van der Waals surface area (Å²) >= 11 is 1.82. The molecule has 0 aliphatic rings. The molecule has 2 aromatic rings. The molecule has 0 aliphatic carbocycles. The van der Waals surface area contributed by atoms with Crippen molar-refractivity contribution >= 4 is 11.8 Å². The summed E-state index contributed by atoms with van der Waals surface area (Å²) in [6, 6.07) is 17.4. The number of thioether (sulfide) groups is 1. The second-order valence-electron chi connectivity index (χ2n) is 5.55. The fourth-order valence-corrected chi connectivity index (χ4v) is 2.94. The van der Waals surface area contributed by atoms with E-state index in [1.165, 1.54) is 21.6 Å². The Kier molecular flexibility index (Phi) is 5.27. The SMILES string of the molecule is Cc1ccc(C(N)CSc2ccc(C(C)C)cc2)cc1. The lowest BCUT2D eigenvalue weighted by Gasteiger charge is -2.12. The lowest BCUT2D eigenvalue weighted by Crippen LogP contribution is -2.12. The van der Waals surface area contributed by atoms with Gasteiger partial charge >= 0.3 is 0 Å². The number of benzene rings is 2. The highest BCUT2D eigenvalue weighted by Gasteiger charge is 2.07. The van der Waals surface area contributed by atoms with Gasteiger partial charge in [-0.05, 0) is 36.1 Å². The van der Waals surface area contributed by atoms with Crippen LogP contribution in [0, 0.1) is 6.92 Å². The molecule has 0 fully saturated rings. The summed E-state index contributed by atoms with van der Waals surface area (Å²) in [4.78, 5) is 1.29. The molecule has 0 amide bonds. The number of hydrogen-bond acceptors (Lipinski definition) is 2. The van der Waals surface area contributed by atoms with Crippen molar-refractivity contribution in [2.45, 2.75) is 37.6 Å². The Labute approximate surface area is 126 Å². The molecular formula is C18H23NS. The van der Waals surface area contributed by atoms with E-state index in [4.69, 9.17) is 5.73 Å². The summed E-state index contributed by atoms with van der Waals surface area (Å²) in [5.41, 5.74) is 10.1. The molecule has 0 saturated carbocycles. The highest BCUT2D eigenvalue weighted by atomic mass is 32.2. The van der Waals surface area contributed by atoms with Gasteiger partial charge in [-0.3, -0.25) is 0 Å². The van der Waals surface area contributed by atoms with Crippen molar-refractivity contribution < 1.29 is 0 Å². The van der Waals surface area contributed by atoms with E-state index < -0.39 is 0 Å². The maximum absolute atomic E-state index is 6.25. The van der Waals surface area contributed by atoms with Crippen molar-refractivity contribution in [2.75, 3.05) is 5.75 Å². The van der Waals surface area contributed by atoms with E-state index >= 15 is 0 Å². The van der Waals surface area contributed by atoms with Gasteiger partial charge in [-0.25, -0.2) is 0 Å². The topological polar surface area (TPSA) is 26.0 Å². The van der Waals surface area contributed by atoms with Crippen LogP contribution in [0.4, 0.5) is 0 Å². The van der Waals surface area contributed by atoms with Crippen molar-refractivity contribution in [3.8, 4) is 0 Å². The van der Waals surface area contributed by atoms with Gasteiger partial charge in [-0.15, -0.1) is 11.8 Å². The molecule has 2 rings (SSSR count). The van der Waals surface area contributed by atoms with Crippen molar-refractivity contribution in [1.29, 1.82) is 0 Å². The van der Waals surface area contributed by atoms with Gasteiger partial charge in [0.05, 0.1) is 0 Å². The third kappa shape index (κ3) is 4.12. The van der Waals surface area contributed by atoms with E-state index in [1.54, 1.807) is 0 Å². The Morgan fingerprint density at radius 2 is 1.45 bits per heavy atom. The third-order valence-corrected chi connectivity index (χ3v) is 4.61. The number of aryl methyl sites for hydroxylation is 1. The summed E-state index contributed by atoms with van der Waals surface area (Å²) in [5, 5.41) is 0. The summed E-state index contributed by atoms with van der Waals surface area (Å²) in [5.74, 6) is 1.49. The maximum atomic E-state index is 6.25. The van der Waals surface area contributed by atoms with Gasteiger partial charge in [-0.1, -0.05) is 55.8 Å². The van der Waals surface area contributed by atoms with Gasteiger partial charge in [0.2, 0.25) is 0 Å². The predicted molar refractivity (Wildman–Crippen MR) is 89.4 cm³/mol. The Morgan fingerprint density at radius 3 is 2.00 bits per heavy atom. The van der Waals surface area contributed by atoms with Crippen molar-refractivity contribution in [2.24, 2.45) is 5.73 Å². The van der Waals surface area contributed by atoms with Crippen LogP contribution in [0.5, 0.6) is 0 Å². The molecule has 2 aromatic carbocycles. The maximum Gasteiger partial charge on any atom is 0.0390 e. The zero-order chi connectivity index (χ0) is 14.5. The van der Waals surface area contributed by atoms with E-state index in [9.17, 15) is 0 Å². The average Bonchev–Trinajstić information content (AvgIpc) is 2.46. The van der Waals surface area contributed by atoms with Gasteiger partial charge in [0.15, 0.2) is 0 Å². The van der Waals surface area contributed by atoms with Crippen LogP contribution in [0.15, 0.2) is 53.4 Å². The second-order valence-corrected chi connectivity index (χ2v) is 6.65. The molecule has 0 aromatic heterocycles. The van der Waals surface area contributed by atoms with Gasteiger partial charge in [0, 0.05) is 16.7 Å². The molecule has 106 valence electrons. The normalized spacial score (nSPS) is 12.7. The largest absolute Gasteiger partial charge is 0.323 e. The molecule has 1 atom stereocenters. The smallest absolute Gasteiger partial charge is 0.0390 e. The molecule has 0 radical (unpaired) electrons.